The quantitative estimate of drug-likeness (QED) is 0.667. The zero-order chi connectivity index (χ0) is 21.4. The van der Waals surface area contributed by atoms with Gasteiger partial charge >= 0.3 is 6.11 Å². The van der Waals surface area contributed by atoms with Crippen LogP contribution in [-0.2, 0) is 27.0 Å². The number of ether oxygens (including phenoxy) is 2. The Kier molecular flexibility index (Phi) is 7.60. The van der Waals surface area contributed by atoms with E-state index >= 15 is 0 Å². The summed E-state index contributed by atoms with van der Waals surface area (Å²) >= 11 is 0. The first-order chi connectivity index (χ1) is 13.7. The van der Waals surface area contributed by atoms with Gasteiger partial charge in [0, 0.05) is 26.6 Å². The van der Waals surface area contributed by atoms with Crippen LogP contribution in [-0.4, -0.2) is 31.6 Å². The number of benzene rings is 2. The Morgan fingerprint density at radius 3 is 2.41 bits per heavy atom. The molecule has 6 nitrogen and oxygen atoms in total. The predicted octanol–water partition coefficient (Wildman–Crippen LogP) is 2.72. The van der Waals surface area contributed by atoms with Crippen molar-refractivity contribution in [2.45, 2.75) is 25.6 Å². The van der Waals surface area contributed by atoms with Crippen molar-refractivity contribution >= 4 is 11.8 Å². The number of alkyl halides is 2. The lowest BCUT2D eigenvalue weighted by Gasteiger charge is -2.19. The molecule has 156 valence electrons. The number of hydrogen-bond acceptors (Lipinski definition) is 4. The fourth-order valence-corrected chi connectivity index (χ4v) is 2.46. The van der Waals surface area contributed by atoms with Crippen LogP contribution < -0.4 is 15.4 Å². The molecule has 2 aromatic rings. The second-order valence-electron chi connectivity index (χ2n) is 6.20. The van der Waals surface area contributed by atoms with Crippen molar-refractivity contribution in [2.75, 3.05) is 13.7 Å². The van der Waals surface area contributed by atoms with Gasteiger partial charge in [-0.3, -0.25) is 9.59 Å². The molecule has 0 bridgehead atoms. The molecule has 0 spiro atoms. The summed E-state index contributed by atoms with van der Waals surface area (Å²) in [7, 11) is 1.40. The van der Waals surface area contributed by atoms with Gasteiger partial charge < -0.3 is 20.1 Å². The number of amides is 2. The Hall–Kier alpha value is -3.07. The molecule has 0 saturated heterocycles. The number of carbonyl (C=O) groups is 2. The first-order valence-electron chi connectivity index (χ1n) is 8.67. The first kappa shape index (κ1) is 22.2. The Bertz CT molecular complexity index is 844. The second kappa shape index (κ2) is 9.92. The van der Waals surface area contributed by atoms with Gasteiger partial charge in [0.15, 0.2) is 0 Å². The molecule has 9 heteroatoms. The monoisotopic (exact) mass is 410 g/mol. The third-order valence-corrected chi connectivity index (χ3v) is 3.83. The minimum atomic E-state index is -3.66. The van der Waals surface area contributed by atoms with Gasteiger partial charge in [-0.05, 0) is 29.8 Å². The summed E-state index contributed by atoms with van der Waals surface area (Å²) in [6, 6.07) is 8.74. The third-order valence-electron chi connectivity index (χ3n) is 3.83. The van der Waals surface area contributed by atoms with Crippen LogP contribution in [0.5, 0.6) is 5.75 Å². The Balaban J connectivity index is 1.98. The van der Waals surface area contributed by atoms with E-state index in [0.717, 1.165) is 24.3 Å². The average Bonchev–Trinajstić information content (AvgIpc) is 2.65. The van der Waals surface area contributed by atoms with Crippen molar-refractivity contribution in [1.29, 1.82) is 0 Å². The maximum Gasteiger partial charge on any atom is 0.426 e. The molecular weight excluding hydrogens is 389 g/mol. The largest absolute Gasteiger partial charge is 0.429 e. The van der Waals surface area contributed by atoms with Gasteiger partial charge in [0.25, 0.3) is 0 Å². The normalized spacial score (nSPS) is 12.2. The summed E-state index contributed by atoms with van der Waals surface area (Å²) < 4.78 is 51.2. The van der Waals surface area contributed by atoms with E-state index in [9.17, 15) is 22.8 Å². The van der Waals surface area contributed by atoms with E-state index in [2.05, 4.69) is 15.4 Å². The molecule has 0 heterocycles. The molecule has 0 fully saturated rings. The molecule has 2 rings (SSSR count). The zero-order valence-electron chi connectivity index (χ0n) is 15.9. The highest BCUT2D eigenvalue weighted by Gasteiger charge is 2.34. The molecule has 2 aromatic carbocycles. The number of hydrogen-bond donors (Lipinski definition) is 2. The summed E-state index contributed by atoms with van der Waals surface area (Å²) in [5, 5.41) is 5.05. The van der Waals surface area contributed by atoms with E-state index in [1.54, 1.807) is 0 Å². The molecule has 0 radical (unpaired) electrons. The SMILES string of the molecule is COCC(NC(C)=O)C(=O)NCc1ccc(C(F)(F)Oc2cccc(F)c2)cc1. The van der Waals surface area contributed by atoms with Crippen LogP contribution in [0.1, 0.15) is 18.1 Å². The van der Waals surface area contributed by atoms with Gasteiger partial charge in [0.05, 0.1) is 12.2 Å². The number of methoxy groups -OCH3 is 1. The van der Waals surface area contributed by atoms with Crippen LogP contribution >= 0.6 is 0 Å². The van der Waals surface area contributed by atoms with Crippen LogP contribution in [0.15, 0.2) is 48.5 Å². The highest BCUT2D eigenvalue weighted by molar-refractivity contribution is 5.86. The Labute approximate surface area is 166 Å². The van der Waals surface area contributed by atoms with E-state index in [1.165, 1.54) is 38.3 Å². The molecule has 0 aliphatic carbocycles. The van der Waals surface area contributed by atoms with Crippen molar-refractivity contribution in [1.82, 2.24) is 10.6 Å². The highest BCUT2D eigenvalue weighted by Crippen LogP contribution is 2.31. The number of carbonyl (C=O) groups excluding carboxylic acids is 2. The van der Waals surface area contributed by atoms with Gasteiger partial charge in [0.1, 0.15) is 17.6 Å². The number of halogens is 3. The highest BCUT2D eigenvalue weighted by atomic mass is 19.3. The minimum absolute atomic E-state index is 0.00596. The lowest BCUT2D eigenvalue weighted by molar-refractivity contribution is -0.185. The number of nitrogens with one attached hydrogen (secondary N) is 2. The minimum Gasteiger partial charge on any atom is -0.429 e. The molecule has 1 unspecified atom stereocenters. The molecule has 2 amide bonds. The maximum atomic E-state index is 14.3. The topological polar surface area (TPSA) is 76.7 Å². The van der Waals surface area contributed by atoms with Crippen molar-refractivity contribution in [3.63, 3.8) is 0 Å². The summed E-state index contributed by atoms with van der Waals surface area (Å²) in [4.78, 5) is 23.3. The van der Waals surface area contributed by atoms with E-state index in [-0.39, 0.29) is 24.8 Å². The fourth-order valence-electron chi connectivity index (χ4n) is 2.46. The van der Waals surface area contributed by atoms with Crippen LogP contribution in [0.2, 0.25) is 0 Å². The predicted molar refractivity (Wildman–Crippen MR) is 98.7 cm³/mol. The molecule has 0 saturated carbocycles. The smallest absolute Gasteiger partial charge is 0.426 e. The lowest BCUT2D eigenvalue weighted by atomic mass is 10.1. The van der Waals surface area contributed by atoms with Crippen molar-refractivity contribution < 1.29 is 32.2 Å². The molecule has 0 aromatic heterocycles. The van der Waals surface area contributed by atoms with Gasteiger partial charge in [-0.25, -0.2) is 4.39 Å². The molecule has 29 heavy (non-hydrogen) atoms. The van der Waals surface area contributed by atoms with Crippen molar-refractivity contribution in [3.05, 3.63) is 65.5 Å². The first-order valence-corrected chi connectivity index (χ1v) is 8.67. The molecule has 0 aliphatic rings. The van der Waals surface area contributed by atoms with Gasteiger partial charge in [0.2, 0.25) is 11.8 Å². The molecular formula is C20H21F3N2O4. The van der Waals surface area contributed by atoms with E-state index in [1.807, 2.05) is 0 Å². The van der Waals surface area contributed by atoms with E-state index < -0.39 is 29.4 Å². The van der Waals surface area contributed by atoms with Crippen LogP contribution in [0.4, 0.5) is 13.2 Å². The summed E-state index contributed by atoms with van der Waals surface area (Å²) in [6.07, 6.45) is -3.66. The van der Waals surface area contributed by atoms with Gasteiger partial charge in [-0.2, -0.15) is 8.78 Å². The third kappa shape index (κ3) is 6.79. The van der Waals surface area contributed by atoms with Crippen LogP contribution in [0.3, 0.4) is 0 Å². The van der Waals surface area contributed by atoms with Gasteiger partial charge in [-0.1, -0.05) is 18.2 Å². The number of rotatable bonds is 9. The van der Waals surface area contributed by atoms with E-state index in [0.29, 0.717) is 5.56 Å². The zero-order valence-corrected chi connectivity index (χ0v) is 15.9. The molecule has 1 atom stereocenters. The van der Waals surface area contributed by atoms with Crippen LogP contribution in [0, 0.1) is 5.82 Å². The van der Waals surface area contributed by atoms with Gasteiger partial charge in [-0.15, -0.1) is 0 Å². The average molecular weight is 410 g/mol. The Morgan fingerprint density at radius 2 is 1.83 bits per heavy atom. The van der Waals surface area contributed by atoms with Crippen molar-refractivity contribution in [3.8, 4) is 5.75 Å². The summed E-state index contributed by atoms with van der Waals surface area (Å²) in [5.74, 6) is -1.83. The summed E-state index contributed by atoms with van der Waals surface area (Å²) in [6.45, 7) is 1.34. The Morgan fingerprint density at radius 1 is 1.14 bits per heavy atom. The molecule has 2 N–H and O–H groups in total. The second-order valence-corrected chi connectivity index (χ2v) is 6.20. The lowest BCUT2D eigenvalue weighted by Crippen LogP contribution is -2.48. The van der Waals surface area contributed by atoms with Crippen LogP contribution in [0.25, 0.3) is 0 Å². The van der Waals surface area contributed by atoms with Crippen molar-refractivity contribution in [2.24, 2.45) is 0 Å². The molecule has 0 aliphatic heterocycles. The maximum absolute atomic E-state index is 14.3. The van der Waals surface area contributed by atoms with E-state index in [4.69, 9.17) is 4.74 Å². The fraction of sp³-hybridized carbons (Fsp3) is 0.300. The summed E-state index contributed by atoms with van der Waals surface area (Å²) in [5.41, 5.74) is 0.134. The standard InChI is InChI=1S/C20H21F3N2O4/c1-13(26)25-18(12-28-2)19(27)24-11-14-6-8-15(9-7-14)20(22,23)29-17-5-3-4-16(21)10-17/h3-10,18H,11-12H2,1-2H3,(H,24,27)(H,25,26).